The lowest BCUT2D eigenvalue weighted by Crippen LogP contribution is -2.34. The van der Waals surface area contributed by atoms with Crippen LogP contribution in [-0.4, -0.2) is 65.7 Å². The highest BCUT2D eigenvalue weighted by Crippen LogP contribution is 2.43. The SMILES string of the molecule is CCCCC/C=C\C=C\C(=O)CCCCCCCC(=O)OC[C@H](COP(=O)(O)OC[C@H](N)C(=O)O)OC(=O)CCCCCCCCCCCCCC. The molecule has 0 radical (unpaired) electrons. The van der Waals surface area contributed by atoms with Gasteiger partial charge in [-0.3, -0.25) is 28.2 Å². The highest BCUT2D eigenvalue weighted by Gasteiger charge is 2.28. The summed E-state index contributed by atoms with van der Waals surface area (Å²) in [6, 6.07) is -1.54. The number of nitrogens with two attached hydrogens (primary N) is 1. The van der Waals surface area contributed by atoms with Gasteiger partial charge in [0.15, 0.2) is 11.9 Å². The summed E-state index contributed by atoms with van der Waals surface area (Å²) in [6.07, 6.45) is 29.3. The third kappa shape index (κ3) is 33.5. The molecule has 0 aliphatic heterocycles. The van der Waals surface area contributed by atoms with Crippen molar-refractivity contribution in [1.29, 1.82) is 0 Å². The van der Waals surface area contributed by atoms with Crippen molar-refractivity contribution in [2.75, 3.05) is 19.8 Å². The molecule has 0 aliphatic rings. The number of allylic oxidation sites excluding steroid dienone is 4. The Kier molecular flexibility index (Phi) is 32.8. The molecule has 0 saturated carbocycles. The molecule has 0 bridgehead atoms. The fraction of sp³-hybridized carbons (Fsp3) is 0.795. The van der Waals surface area contributed by atoms with Crippen LogP contribution in [0.1, 0.15) is 168 Å². The first kappa shape index (κ1) is 49.6. The van der Waals surface area contributed by atoms with Gasteiger partial charge in [0, 0.05) is 19.3 Å². The molecule has 0 saturated heterocycles. The Morgan fingerprint density at radius 1 is 0.635 bits per heavy atom. The molecule has 52 heavy (non-hydrogen) atoms. The van der Waals surface area contributed by atoms with Gasteiger partial charge in [0.2, 0.25) is 0 Å². The Morgan fingerprint density at radius 3 is 1.67 bits per heavy atom. The number of unbranched alkanes of at least 4 members (excludes halogenated alkanes) is 18. The van der Waals surface area contributed by atoms with Crippen LogP contribution in [0.5, 0.6) is 0 Å². The van der Waals surface area contributed by atoms with Gasteiger partial charge in [0.05, 0.1) is 13.2 Å². The van der Waals surface area contributed by atoms with Crippen molar-refractivity contribution in [1.82, 2.24) is 0 Å². The predicted molar refractivity (Wildman–Crippen MR) is 204 cm³/mol. The molecule has 3 atom stereocenters. The second-order valence-corrected chi connectivity index (χ2v) is 14.9. The number of ether oxygens (including phenoxy) is 2. The predicted octanol–water partition coefficient (Wildman–Crippen LogP) is 9.07. The maximum Gasteiger partial charge on any atom is 0.472 e. The number of carbonyl (C=O) groups excluding carboxylic acids is 3. The van der Waals surface area contributed by atoms with E-state index in [-0.39, 0.29) is 25.2 Å². The van der Waals surface area contributed by atoms with E-state index in [4.69, 9.17) is 24.8 Å². The summed E-state index contributed by atoms with van der Waals surface area (Å²) in [7, 11) is -4.73. The highest BCUT2D eigenvalue weighted by atomic mass is 31.2. The number of carbonyl (C=O) groups is 4. The van der Waals surface area contributed by atoms with E-state index >= 15 is 0 Å². The topological polar surface area (TPSA) is 189 Å². The molecule has 0 aromatic carbocycles. The summed E-state index contributed by atoms with van der Waals surface area (Å²) in [4.78, 5) is 57.8. The van der Waals surface area contributed by atoms with E-state index in [0.29, 0.717) is 19.3 Å². The van der Waals surface area contributed by atoms with Crippen molar-refractivity contribution >= 4 is 31.5 Å². The van der Waals surface area contributed by atoms with E-state index in [1.807, 2.05) is 6.08 Å². The molecule has 0 aromatic heterocycles. The summed E-state index contributed by atoms with van der Waals surface area (Å²) in [5, 5.41) is 8.86. The van der Waals surface area contributed by atoms with Crippen LogP contribution in [0.4, 0.5) is 0 Å². The molecule has 12 nitrogen and oxygen atoms in total. The van der Waals surface area contributed by atoms with Gasteiger partial charge < -0.3 is 25.2 Å². The van der Waals surface area contributed by atoms with Crippen molar-refractivity contribution in [2.45, 2.75) is 180 Å². The molecule has 0 aromatic rings. The fourth-order valence-electron chi connectivity index (χ4n) is 5.22. The number of hydrogen-bond donors (Lipinski definition) is 3. The number of ketones is 1. The van der Waals surface area contributed by atoms with Gasteiger partial charge in [-0.05, 0) is 38.2 Å². The summed E-state index contributed by atoms with van der Waals surface area (Å²) < 4.78 is 32.5. The van der Waals surface area contributed by atoms with E-state index in [0.717, 1.165) is 57.8 Å². The van der Waals surface area contributed by atoms with Crippen LogP contribution in [0.15, 0.2) is 24.3 Å². The van der Waals surface area contributed by atoms with Crippen LogP contribution in [-0.2, 0) is 42.3 Å². The quantitative estimate of drug-likeness (QED) is 0.0179. The molecule has 0 spiro atoms. The summed E-state index contributed by atoms with van der Waals surface area (Å²) in [5.41, 5.74) is 5.31. The average molecular weight is 760 g/mol. The van der Waals surface area contributed by atoms with Crippen molar-refractivity contribution in [2.24, 2.45) is 5.73 Å². The normalized spacial score (nSPS) is 14.0. The maximum atomic E-state index is 12.6. The van der Waals surface area contributed by atoms with Crippen molar-refractivity contribution in [3.63, 3.8) is 0 Å². The van der Waals surface area contributed by atoms with Crippen LogP contribution in [0, 0.1) is 0 Å². The van der Waals surface area contributed by atoms with Gasteiger partial charge in [-0.15, -0.1) is 0 Å². The standard InChI is InChI=1S/C39H70NO11P/c1-3-5-7-9-11-12-13-14-15-17-21-26-30-38(43)51-35(32-49-52(46,47)50-33-36(40)39(44)45)31-48-37(42)29-25-22-18-20-24-28-34(41)27-23-19-16-10-8-6-4-2/h16,19,23,27,35-36H,3-15,17-18,20-22,24-26,28-33,40H2,1-2H3,(H,44,45)(H,46,47)/b19-16-,27-23+/t35-,36+/m1/s1. The van der Waals surface area contributed by atoms with E-state index in [2.05, 4.69) is 24.4 Å². The van der Waals surface area contributed by atoms with Gasteiger partial charge >= 0.3 is 25.7 Å². The second-order valence-electron chi connectivity index (χ2n) is 13.5. The summed E-state index contributed by atoms with van der Waals surface area (Å²) >= 11 is 0. The first-order chi connectivity index (χ1) is 25.0. The van der Waals surface area contributed by atoms with Crippen LogP contribution in [0.25, 0.3) is 0 Å². The average Bonchev–Trinajstić information content (AvgIpc) is 3.11. The summed E-state index contributed by atoms with van der Waals surface area (Å²) in [6.45, 7) is 2.61. The van der Waals surface area contributed by atoms with Crippen molar-refractivity contribution < 1.29 is 52.3 Å². The molecule has 4 N–H and O–H groups in total. The van der Waals surface area contributed by atoms with Crippen LogP contribution < -0.4 is 5.73 Å². The minimum Gasteiger partial charge on any atom is -0.480 e. The molecule has 0 aliphatic carbocycles. The third-order valence-electron chi connectivity index (χ3n) is 8.43. The Balaban J connectivity index is 4.49. The molecular weight excluding hydrogens is 689 g/mol. The van der Waals surface area contributed by atoms with Crippen molar-refractivity contribution in [3.8, 4) is 0 Å². The lowest BCUT2D eigenvalue weighted by molar-refractivity contribution is -0.161. The van der Waals surface area contributed by atoms with E-state index in [1.54, 1.807) is 12.2 Å². The molecule has 0 amide bonds. The summed E-state index contributed by atoms with van der Waals surface area (Å²) in [5.74, 6) is -2.38. The monoisotopic (exact) mass is 759 g/mol. The van der Waals surface area contributed by atoms with Gasteiger partial charge in [0.1, 0.15) is 12.6 Å². The minimum atomic E-state index is -4.73. The number of carboxylic acid groups (broad SMARTS) is 1. The van der Waals surface area contributed by atoms with Crippen LogP contribution in [0.3, 0.4) is 0 Å². The van der Waals surface area contributed by atoms with Crippen molar-refractivity contribution in [3.05, 3.63) is 24.3 Å². The van der Waals surface area contributed by atoms with Crippen LogP contribution >= 0.6 is 7.82 Å². The number of carboxylic acids is 1. The molecule has 13 heteroatoms. The highest BCUT2D eigenvalue weighted by molar-refractivity contribution is 7.47. The molecule has 302 valence electrons. The number of aliphatic carboxylic acids is 1. The zero-order valence-corrected chi connectivity index (χ0v) is 33.0. The van der Waals surface area contributed by atoms with E-state index < -0.39 is 51.1 Å². The first-order valence-electron chi connectivity index (χ1n) is 19.8. The zero-order valence-electron chi connectivity index (χ0n) is 32.1. The smallest absolute Gasteiger partial charge is 0.472 e. The van der Waals surface area contributed by atoms with Gasteiger partial charge in [-0.1, -0.05) is 135 Å². The maximum absolute atomic E-state index is 12.6. The Hall–Kier alpha value is -2.37. The van der Waals surface area contributed by atoms with Gasteiger partial charge in [0.25, 0.3) is 0 Å². The molecule has 1 unspecified atom stereocenters. The van der Waals surface area contributed by atoms with E-state index in [1.165, 1.54) is 64.2 Å². The molecule has 0 rings (SSSR count). The molecule has 0 heterocycles. The number of esters is 2. The number of hydrogen-bond acceptors (Lipinski definition) is 10. The minimum absolute atomic E-state index is 0.100. The van der Waals surface area contributed by atoms with Gasteiger partial charge in [-0.2, -0.15) is 0 Å². The van der Waals surface area contributed by atoms with E-state index in [9.17, 15) is 28.6 Å². The molecule has 0 fully saturated rings. The van der Waals surface area contributed by atoms with Gasteiger partial charge in [-0.25, -0.2) is 4.57 Å². The Labute approximate surface area is 313 Å². The number of phosphoric acid groups is 1. The fourth-order valence-corrected chi connectivity index (χ4v) is 6.00. The second kappa shape index (κ2) is 34.4. The lowest BCUT2D eigenvalue weighted by Gasteiger charge is -2.20. The Bertz CT molecular complexity index is 1050. The largest absolute Gasteiger partial charge is 0.480 e. The zero-order chi connectivity index (χ0) is 38.7. The molecular formula is C39H70NO11P. The number of phosphoric ester groups is 1. The van der Waals surface area contributed by atoms with Crippen LogP contribution in [0.2, 0.25) is 0 Å². The number of rotatable bonds is 37. The Morgan fingerprint density at radius 2 is 1.12 bits per heavy atom. The third-order valence-corrected chi connectivity index (χ3v) is 9.38. The first-order valence-corrected chi connectivity index (χ1v) is 21.3. The lowest BCUT2D eigenvalue weighted by atomic mass is 10.0.